The Kier molecular flexibility index (Phi) is 8.85. The van der Waals surface area contributed by atoms with E-state index in [-0.39, 0.29) is 30.3 Å². The average Bonchev–Trinajstić information content (AvgIpc) is 2.62. The fraction of sp³-hybridized carbons (Fsp3) is 0.421. The highest BCUT2D eigenvalue weighted by molar-refractivity contribution is 6.30. The Labute approximate surface area is 159 Å². The van der Waals surface area contributed by atoms with Gasteiger partial charge in [-0.15, -0.1) is 0 Å². The van der Waals surface area contributed by atoms with Gasteiger partial charge in [-0.2, -0.15) is 0 Å². The van der Waals surface area contributed by atoms with Gasteiger partial charge in [0.2, 0.25) is 18.2 Å². The predicted octanol–water partition coefficient (Wildman–Crippen LogP) is 2.13. The Morgan fingerprint density at radius 3 is 2.38 bits per heavy atom. The summed E-state index contributed by atoms with van der Waals surface area (Å²) in [4.78, 5) is 36.3. The Morgan fingerprint density at radius 1 is 1.23 bits per heavy atom. The molecule has 26 heavy (non-hydrogen) atoms. The van der Waals surface area contributed by atoms with E-state index in [4.69, 9.17) is 11.6 Å². The third kappa shape index (κ3) is 6.88. The number of rotatable bonds is 9. The lowest BCUT2D eigenvalue weighted by Crippen LogP contribution is -2.43. The van der Waals surface area contributed by atoms with Gasteiger partial charge in [0.25, 0.3) is 0 Å². The molecule has 1 aromatic rings. The summed E-state index contributed by atoms with van der Waals surface area (Å²) in [7, 11) is 1.66. The van der Waals surface area contributed by atoms with Crippen LogP contribution in [-0.4, -0.2) is 42.8 Å². The maximum atomic E-state index is 12.3. The largest absolute Gasteiger partial charge is 0.350 e. The van der Waals surface area contributed by atoms with Crippen LogP contribution in [0.1, 0.15) is 26.3 Å². The van der Waals surface area contributed by atoms with Crippen LogP contribution in [0, 0.1) is 5.92 Å². The molecule has 0 aliphatic rings. The highest BCUT2D eigenvalue weighted by Crippen LogP contribution is 2.14. The van der Waals surface area contributed by atoms with Crippen molar-refractivity contribution in [1.29, 1.82) is 0 Å². The van der Waals surface area contributed by atoms with Crippen LogP contribution in [-0.2, 0) is 20.9 Å². The third-order valence-electron chi connectivity index (χ3n) is 4.01. The minimum atomic E-state index is -0.253. The highest BCUT2D eigenvalue weighted by Gasteiger charge is 2.22. The molecule has 1 rings (SSSR count). The second-order valence-corrected chi connectivity index (χ2v) is 6.83. The SMILES string of the molecule is CC(=CC(C(C)C)N(C)C(=O)CNC=O)C(=O)NCc1ccc(Cl)cc1. The van der Waals surface area contributed by atoms with Crippen LogP contribution >= 0.6 is 11.6 Å². The lowest BCUT2D eigenvalue weighted by molar-refractivity contribution is -0.132. The van der Waals surface area contributed by atoms with E-state index in [1.54, 1.807) is 32.2 Å². The average molecular weight is 380 g/mol. The molecule has 0 aliphatic heterocycles. The first-order chi connectivity index (χ1) is 12.3. The van der Waals surface area contributed by atoms with Crippen molar-refractivity contribution in [2.24, 2.45) is 5.92 Å². The van der Waals surface area contributed by atoms with Gasteiger partial charge in [0.1, 0.15) is 0 Å². The molecular formula is C19H26ClN3O3. The lowest BCUT2D eigenvalue weighted by atomic mass is 9.99. The van der Waals surface area contributed by atoms with Crippen LogP contribution in [0.4, 0.5) is 0 Å². The van der Waals surface area contributed by atoms with Gasteiger partial charge < -0.3 is 15.5 Å². The van der Waals surface area contributed by atoms with Gasteiger partial charge in [-0.3, -0.25) is 14.4 Å². The lowest BCUT2D eigenvalue weighted by Gasteiger charge is -2.29. The van der Waals surface area contributed by atoms with Gasteiger partial charge in [0, 0.05) is 24.2 Å². The molecule has 0 heterocycles. The fourth-order valence-electron chi connectivity index (χ4n) is 2.43. The number of amides is 3. The highest BCUT2D eigenvalue weighted by atomic mass is 35.5. The van der Waals surface area contributed by atoms with Crippen molar-refractivity contribution in [3.05, 3.63) is 46.5 Å². The monoisotopic (exact) mass is 379 g/mol. The summed E-state index contributed by atoms with van der Waals surface area (Å²) in [6.45, 7) is 5.98. The van der Waals surface area contributed by atoms with E-state index in [2.05, 4.69) is 10.6 Å². The molecule has 2 N–H and O–H groups in total. The van der Waals surface area contributed by atoms with E-state index in [9.17, 15) is 14.4 Å². The Balaban J connectivity index is 2.74. The first-order valence-electron chi connectivity index (χ1n) is 8.40. The van der Waals surface area contributed by atoms with Crippen LogP contribution in [0.15, 0.2) is 35.9 Å². The van der Waals surface area contributed by atoms with Gasteiger partial charge >= 0.3 is 0 Å². The number of nitrogens with zero attached hydrogens (tertiary/aromatic N) is 1. The van der Waals surface area contributed by atoms with E-state index < -0.39 is 0 Å². The second-order valence-electron chi connectivity index (χ2n) is 6.40. The number of carbonyl (C=O) groups is 3. The minimum absolute atomic E-state index is 0.0706. The normalized spacial score (nSPS) is 12.5. The molecular weight excluding hydrogens is 354 g/mol. The van der Waals surface area contributed by atoms with Crippen molar-refractivity contribution < 1.29 is 14.4 Å². The first kappa shape index (κ1) is 21.7. The summed E-state index contributed by atoms with van der Waals surface area (Å²) in [5, 5.41) is 5.86. The van der Waals surface area contributed by atoms with Crippen LogP contribution in [0.25, 0.3) is 0 Å². The van der Waals surface area contributed by atoms with Gasteiger partial charge in [-0.1, -0.05) is 43.7 Å². The van der Waals surface area contributed by atoms with Crippen LogP contribution in [0.3, 0.4) is 0 Å². The van der Waals surface area contributed by atoms with Crippen LogP contribution in [0.2, 0.25) is 5.02 Å². The molecule has 0 aromatic heterocycles. The topological polar surface area (TPSA) is 78.5 Å². The fourth-order valence-corrected chi connectivity index (χ4v) is 2.55. The van der Waals surface area contributed by atoms with Crippen molar-refractivity contribution >= 4 is 29.8 Å². The van der Waals surface area contributed by atoms with Crippen molar-refractivity contribution in [3.63, 3.8) is 0 Å². The first-order valence-corrected chi connectivity index (χ1v) is 8.77. The van der Waals surface area contributed by atoms with E-state index in [1.165, 1.54) is 4.90 Å². The zero-order valence-electron chi connectivity index (χ0n) is 15.6. The van der Waals surface area contributed by atoms with Crippen LogP contribution < -0.4 is 10.6 Å². The van der Waals surface area contributed by atoms with E-state index in [0.717, 1.165) is 5.56 Å². The Bertz CT molecular complexity index is 656. The number of halogens is 1. The number of nitrogens with one attached hydrogen (secondary N) is 2. The van der Waals surface area contributed by atoms with E-state index >= 15 is 0 Å². The van der Waals surface area contributed by atoms with Gasteiger partial charge in [0.05, 0.1) is 12.6 Å². The number of hydrogen-bond acceptors (Lipinski definition) is 3. The molecule has 3 amide bonds. The quantitative estimate of drug-likeness (QED) is 0.509. The predicted molar refractivity (Wildman–Crippen MR) is 103 cm³/mol. The third-order valence-corrected chi connectivity index (χ3v) is 4.26. The number of likely N-dealkylation sites (N-methyl/N-ethyl adjacent to an activating group) is 1. The summed E-state index contributed by atoms with van der Waals surface area (Å²) < 4.78 is 0. The number of benzene rings is 1. The summed E-state index contributed by atoms with van der Waals surface area (Å²) in [6, 6.07) is 7.00. The van der Waals surface area contributed by atoms with Crippen molar-refractivity contribution in [1.82, 2.24) is 15.5 Å². The molecule has 6 nitrogen and oxygen atoms in total. The number of hydrogen-bond donors (Lipinski definition) is 2. The molecule has 1 unspecified atom stereocenters. The van der Waals surface area contributed by atoms with Gasteiger partial charge in [-0.25, -0.2) is 0 Å². The summed E-state index contributed by atoms with van der Waals surface area (Å²) in [6.07, 6.45) is 2.27. The molecule has 0 radical (unpaired) electrons. The van der Waals surface area contributed by atoms with Crippen molar-refractivity contribution in [2.75, 3.05) is 13.6 Å². The summed E-state index contributed by atoms with van der Waals surface area (Å²) >= 11 is 5.85. The maximum Gasteiger partial charge on any atom is 0.246 e. The maximum absolute atomic E-state index is 12.3. The zero-order chi connectivity index (χ0) is 19.7. The van der Waals surface area contributed by atoms with Crippen LogP contribution in [0.5, 0.6) is 0 Å². The van der Waals surface area contributed by atoms with Crippen molar-refractivity contribution in [2.45, 2.75) is 33.4 Å². The molecule has 0 aliphatic carbocycles. The molecule has 142 valence electrons. The molecule has 0 saturated carbocycles. The van der Waals surface area contributed by atoms with Gasteiger partial charge in [0.15, 0.2) is 0 Å². The molecule has 1 atom stereocenters. The second kappa shape index (κ2) is 10.6. The van der Waals surface area contributed by atoms with E-state index in [1.807, 2.05) is 26.0 Å². The molecule has 0 fully saturated rings. The molecule has 0 saturated heterocycles. The number of carbonyl (C=O) groups excluding carboxylic acids is 3. The smallest absolute Gasteiger partial charge is 0.246 e. The zero-order valence-corrected chi connectivity index (χ0v) is 16.3. The van der Waals surface area contributed by atoms with E-state index in [0.29, 0.717) is 23.6 Å². The van der Waals surface area contributed by atoms with Crippen molar-refractivity contribution in [3.8, 4) is 0 Å². The standard InChI is InChI=1S/C19H26ClN3O3/c1-13(2)17(23(4)18(25)11-21-12-24)9-14(3)19(26)22-10-15-5-7-16(20)8-6-15/h5-9,12-13,17H,10-11H2,1-4H3,(H,21,24)(H,22,26). The molecule has 0 bridgehead atoms. The minimum Gasteiger partial charge on any atom is -0.350 e. The molecule has 0 spiro atoms. The Morgan fingerprint density at radius 2 is 1.85 bits per heavy atom. The molecule has 7 heteroatoms. The van der Waals surface area contributed by atoms with Gasteiger partial charge in [-0.05, 0) is 30.5 Å². The summed E-state index contributed by atoms with van der Waals surface area (Å²) in [5.41, 5.74) is 1.48. The Hall–Kier alpha value is -2.34. The molecule has 1 aromatic carbocycles. The summed E-state index contributed by atoms with van der Waals surface area (Å²) in [5.74, 6) is -0.307.